The number of nitrogens with one attached hydrogen (secondary N) is 1. The normalized spacial score (nSPS) is 14.7. The second-order valence-electron chi connectivity index (χ2n) is 10.5. The number of hydrogen-bond donors (Lipinski definition) is 1. The van der Waals surface area contributed by atoms with Crippen molar-refractivity contribution < 1.29 is 18.0 Å². The van der Waals surface area contributed by atoms with Crippen LogP contribution in [0.4, 0.5) is 5.69 Å². The lowest BCUT2D eigenvalue weighted by atomic mass is 9.94. The Morgan fingerprint density at radius 1 is 0.951 bits per heavy atom. The number of carbonyl (C=O) groups excluding carboxylic acids is 2. The first-order valence-electron chi connectivity index (χ1n) is 13.7. The average molecular weight is 661 g/mol. The van der Waals surface area contributed by atoms with E-state index >= 15 is 0 Å². The number of nitrogens with zero attached hydrogens (tertiary/aromatic N) is 2. The van der Waals surface area contributed by atoms with E-state index in [0.717, 1.165) is 58.3 Å². The molecule has 0 saturated heterocycles. The fourth-order valence-electron chi connectivity index (χ4n) is 5.18. The SMILES string of the molecule is CS(=O)(=O)N(CC(=O)N(Cc1cccc(Br)c1)[C@H](Cc1ccccc1)C(=O)NC1CCCCC1)c1cccc(Cl)c1. The van der Waals surface area contributed by atoms with E-state index in [2.05, 4.69) is 21.2 Å². The smallest absolute Gasteiger partial charge is 0.244 e. The van der Waals surface area contributed by atoms with Crippen molar-refractivity contribution in [2.24, 2.45) is 0 Å². The quantitative estimate of drug-likeness (QED) is 0.275. The van der Waals surface area contributed by atoms with Gasteiger partial charge in [0.05, 0.1) is 11.9 Å². The molecule has 7 nitrogen and oxygen atoms in total. The highest BCUT2D eigenvalue weighted by Gasteiger charge is 2.34. The van der Waals surface area contributed by atoms with Crippen LogP contribution in [0.2, 0.25) is 5.02 Å². The summed E-state index contributed by atoms with van der Waals surface area (Å²) in [5, 5.41) is 3.55. The molecule has 0 aliphatic heterocycles. The molecule has 1 aliphatic carbocycles. The van der Waals surface area contributed by atoms with Crippen molar-refractivity contribution in [1.29, 1.82) is 0 Å². The van der Waals surface area contributed by atoms with Gasteiger partial charge in [-0.15, -0.1) is 0 Å². The van der Waals surface area contributed by atoms with Crippen LogP contribution in [-0.4, -0.2) is 50.0 Å². The predicted octanol–water partition coefficient (Wildman–Crippen LogP) is 5.96. The van der Waals surface area contributed by atoms with Gasteiger partial charge in [0.15, 0.2) is 0 Å². The summed E-state index contributed by atoms with van der Waals surface area (Å²) in [6.45, 7) is -0.351. The standard InChI is InChI=1S/C31H35BrClN3O4S/c1-41(39,40)36(28-17-9-14-26(33)20-28)22-30(37)35(21-24-12-8-13-25(32)18-24)29(19-23-10-4-2-5-11-23)31(38)34-27-15-6-3-7-16-27/h2,4-5,8-14,17-18,20,27,29H,3,6-7,15-16,19,21-22H2,1H3,(H,34,38)/t29-/m1/s1. The van der Waals surface area contributed by atoms with Crippen molar-refractivity contribution in [2.75, 3.05) is 17.1 Å². The van der Waals surface area contributed by atoms with Crippen LogP contribution in [0, 0.1) is 0 Å². The maximum Gasteiger partial charge on any atom is 0.244 e. The fourth-order valence-corrected chi connectivity index (χ4v) is 6.65. The molecule has 1 N–H and O–H groups in total. The maximum atomic E-state index is 14.2. The molecule has 0 bridgehead atoms. The van der Waals surface area contributed by atoms with Crippen LogP contribution in [0.15, 0.2) is 83.3 Å². The maximum absolute atomic E-state index is 14.2. The highest BCUT2D eigenvalue weighted by molar-refractivity contribution is 9.10. The molecule has 1 atom stereocenters. The first-order chi connectivity index (χ1) is 19.6. The lowest BCUT2D eigenvalue weighted by Crippen LogP contribution is -2.55. The van der Waals surface area contributed by atoms with Crippen LogP contribution in [-0.2, 0) is 32.6 Å². The van der Waals surface area contributed by atoms with E-state index in [-0.39, 0.29) is 30.6 Å². The van der Waals surface area contributed by atoms with Gasteiger partial charge in [0.2, 0.25) is 21.8 Å². The van der Waals surface area contributed by atoms with E-state index in [1.54, 1.807) is 18.2 Å². The molecular formula is C31H35BrClN3O4S. The molecule has 0 unspecified atom stereocenters. The second kappa shape index (κ2) is 14.3. The van der Waals surface area contributed by atoms with E-state index in [9.17, 15) is 18.0 Å². The minimum Gasteiger partial charge on any atom is -0.352 e. The minimum absolute atomic E-state index is 0.0522. The summed E-state index contributed by atoms with van der Waals surface area (Å²) < 4.78 is 27.7. The van der Waals surface area contributed by atoms with Gasteiger partial charge in [0, 0.05) is 28.5 Å². The predicted molar refractivity (Wildman–Crippen MR) is 167 cm³/mol. The third kappa shape index (κ3) is 9.05. The number of halogens is 2. The van der Waals surface area contributed by atoms with Crippen molar-refractivity contribution >= 4 is 55.1 Å². The molecule has 218 valence electrons. The lowest BCUT2D eigenvalue weighted by Gasteiger charge is -2.35. The zero-order valence-electron chi connectivity index (χ0n) is 23.0. The molecule has 1 fully saturated rings. The highest BCUT2D eigenvalue weighted by atomic mass is 79.9. The summed E-state index contributed by atoms with van der Waals surface area (Å²) in [5.74, 6) is -0.729. The van der Waals surface area contributed by atoms with Gasteiger partial charge in [-0.25, -0.2) is 8.42 Å². The molecule has 4 rings (SSSR count). The topological polar surface area (TPSA) is 86.8 Å². The van der Waals surface area contributed by atoms with E-state index in [0.29, 0.717) is 5.02 Å². The zero-order valence-corrected chi connectivity index (χ0v) is 26.2. The number of hydrogen-bond acceptors (Lipinski definition) is 4. The van der Waals surface area contributed by atoms with Crippen molar-refractivity contribution in [3.8, 4) is 0 Å². The molecule has 1 aliphatic rings. The Morgan fingerprint density at radius 3 is 2.29 bits per heavy atom. The molecular weight excluding hydrogens is 626 g/mol. The molecule has 41 heavy (non-hydrogen) atoms. The molecule has 2 amide bonds. The number of carbonyl (C=O) groups is 2. The summed E-state index contributed by atoms with van der Waals surface area (Å²) in [4.78, 5) is 29.6. The first kappa shape index (κ1) is 31.1. The molecule has 3 aromatic carbocycles. The third-order valence-electron chi connectivity index (χ3n) is 7.24. The molecule has 1 saturated carbocycles. The van der Waals surface area contributed by atoms with Gasteiger partial charge >= 0.3 is 0 Å². The molecule has 3 aromatic rings. The highest BCUT2D eigenvalue weighted by Crippen LogP contribution is 2.24. The van der Waals surface area contributed by atoms with Gasteiger partial charge in [0.25, 0.3) is 0 Å². The van der Waals surface area contributed by atoms with Crippen LogP contribution in [0.1, 0.15) is 43.2 Å². The van der Waals surface area contributed by atoms with Crippen molar-refractivity contribution in [2.45, 2.75) is 57.2 Å². The third-order valence-corrected chi connectivity index (χ3v) is 9.11. The van der Waals surface area contributed by atoms with E-state index < -0.39 is 28.5 Å². The Kier molecular flexibility index (Phi) is 10.9. The van der Waals surface area contributed by atoms with Gasteiger partial charge in [-0.3, -0.25) is 13.9 Å². The Labute approximate surface area is 256 Å². The Hall–Kier alpha value is -2.88. The van der Waals surface area contributed by atoms with E-state index in [1.165, 1.54) is 11.0 Å². The molecule has 0 radical (unpaired) electrons. The summed E-state index contributed by atoms with van der Waals surface area (Å²) in [7, 11) is -3.85. The van der Waals surface area contributed by atoms with Gasteiger partial charge in [-0.1, -0.05) is 95.3 Å². The minimum atomic E-state index is -3.85. The number of sulfonamides is 1. The number of amides is 2. The average Bonchev–Trinajstić information content (AvgIpc) is 2.94. The van der Waals surface area contributed by atoms with Gasteiger partial charge < -0.3 is 10.2 Å². The number of rotatable bonds is 11. The van der Waals surface area contributed by atoms with Gasteiger partial charge in [-0.05, 0) is 54.3 Å². The van der Waals surface area contributed by atoms with E-state index in [1.807, 2.05) is 54.6 Å². The van der Waals surface area contributed by atoms with Gasteiger partial charge in [-0.2, -0.15) is 0 Å². The van der Waals surface area contributed by atoms with Crippen molar-refractivity contribution in [3.63, 3.8) is 0 Å². The van der Waals surface area contributed by atoms with Crippen LogP contribution in [0.25, 0.3) is 0 Å². The first-order valence-corrected chi connectivity index (χ1v) is 16.7. The lowest BCUT2D eigenvalue weighted by molar-refractivity contribution is -0.140. The summed E-state index contributed by atoms with van der Waals surface area (Å²) in [6.07, 6.45) is 6.40. The van der Waals surface area contributed by atoms with E-state index in [4.69, 9.17) is 11.6 Å². The number of anilines is 1. The number of benzene rings is 3. The van der Waals surface area contributed by atoms with Crippen LogP contribution in [0.5, 0.6) is 0 Å². The fraction of sp³-hybridized carbons (Fsp3) is 0.355. The van der Waals surface area contributed by atoms with Gasteiger partial charge in [0.1, 0.15) is 12.6 Å². The monoisotopic (exact) mass is 659 g/mol. The Balaban J connectivity index is 1.72. The second-order valence-corrected chi connectivity index (χ2v) is 13.7. The summed E-state index contributed by atoms with van der Waals surface area (Å²) in [5.41, 5.74) is 1.99. The van der Waals surface area contributed by atoms with Crippen LogP contribution >= 0.6 is 27.5 Å². The molecule has 0 aromatic heterocycles. The van der Waals surface area contributed by atoms with Crippen molar-refractivity contribution in [3.05, 3.63) is 99.5 Å². The molecule has 0 heterocycles. The Morgan fingerprint density at radius 2 is 1.63 bits per heavy atom. The largest absolute Gasteiger partial charge is 0.352 e. The Bertz CT molecular complexity index is 1450. The molecule has 0 spiro atoms. The van der Waals surface area contributed by atoms with Crippen LogP contribution < -0.4 is 9.62 Å². The summed E-state index contributed by atoms with van der Waals surface area (Å²) in [6, 6.07) is 22.7. The van der Waals surface area contributed by atoms with Crippen LogP contribution in [0.3, 0.4) is 0 Å². The van der Waals surface area contributed by atoms with Crippen molar-refractivity contribution in [1.82, 2.24) is 10.2 Å². The summed E-state index contributed by atoms with van der Waals surface area (Å²) >= 11 is 9.66. The molecule has 10 heteroatoms. The zero-order chi connectivity index (χ0) is 29.4.